The molecule has 76 valence electrons. The van der Waals surface area contributed by atoms with Gasteiger partial charge in [0.15, 0.2) is 0 Å². The van der Waals surface area contributed by atoms with Gasteiger partial charge in [-0.2, -0.15) is 13.2 Å². The van der Waals surface area contributed by atoms with Crippen LogP contribution in [-0.2, 0) is 4.79 Å². The Hall–Kier alpha value is -0.780. The van der Waals surface area contributed by atoms with Crippen LogP contribution in [0, 0.1) is 5.92 Å². The zero-order valence-electron chi connectivity index (χ0n) is 6.97. The highest BCUT2D eigenvalue weighted by atomic mass is 19.4. The number of carbonyl (C=O) groups excluding carboxylic acids is 1. The zero-order valence-corrected chi connectivity index (χ0v) is 6.97. The Morgan fingerprint density at radius 2 is 2.15 bits per heavy atom. The number of likely N-dealkylation sites (tertiary alicyclic amines) is 1. The Balaban J connectivity index is 2.50. The van der Waals surface area contributed by atoms with Crippen LogP contribution in [0.4, 0.5) is 13.2 Å². The molecule has 1 aliphatic rings. The molecule has 13 heavy (non-hydrogen) atoms. The number of nitrogens with two attached hydrogens (primary N) is 1. The standard InChI is InChI=1S/C7H11F3N2O/c8-7(9,10)5-1-2-12(4-5)6(13)3-11/h5H,1-4,11H2. The van der Waals surface area contributed by atoms with Crippen molar-refractivity contribution < 1.29 is 18.0 Å². The first-order chi connectivity index (χ1) is 5.95. The molecule has 0 bridgehead atoms. The van der Waals surface area contributed by atoms with Gasteiger partial charge in [-0.1, -0.05) is 0 Å². The Morgan fingerprint density at radius 1 is 1.54 bits per heavy atom. The second kappa shape index (κ2) is 3.53. The summed E-state index contributed by atoms with van der Waals surface area (Å²) in [5.41, 5.74) is 5.03. The quantitative estimate of drug-likeness (QED) is 0.658. The van der Waals surface area contributed by atoms with E-state index in [9.17, 15) is 18.0 Å². The van der Waals surface area contributed by atoms with Crippen molar-refractivity contribution in [1.82, 2.24) is 4.90 Å². The average Bonchev–Trinajstić information content (AvgIpc) is 2.50. The molecule has 1 fully saturated rings. The van der Waals surface area contributed by atoms with E-state index in [0.717, 1.165) is 4.90 Å². The number of rotatable bonds is 1. The van der Waals surface area contributed by atoms with Crippen molar-refractivity contribution in [2.24, 2.45) is 11.7 Å². The van der Waals surface area contributed by atoms with Crippen molar-refractivity contribution in [3.05, 3.63) is 0 Å². The minimum absolute atomic E-state index is 0.00472. The number of hydrogen-bond donors (Lipinski definition) is 1. The van der Waals surface area contributed by atoms with E-state index in [2.05, 4.69) is 0 Å². The van der Waals surface area contributed by atoms with Gasteiger partial charge in [0.05, 0.1) is 12.5 Å². The molecular formula is C7H11F3N2O. The lowest BCUT2D eigenvalue weighted by atomic mass is 10.1. The molecule has 0 radical (unpaired) electrons. The highest BCUT2D eigenvalue weighted by Crippen LogP contribution is 2.33. The normalized spacial score (nSPS) is 23.7. The van der Waals surface area contributed by atoms with Crippen molar-refractivity contribution in [3.63, 3.8) is 0 Å². The third-order valence-electron chi connectivity index (χ3n) is 2.18. The first-order valence-electron chi connectivity index (χ1n) is 3.99. The molecule has 0 aromatic heterocycles. The third-order valence-corrected chi connectivity index (χ3v) is 2.18. The molecule has 1 heterocycles. The summed E-state index contributed by atoms with van der Waals surface area (Å²) in [6, 6.07) is 0. The summed E-state index contributed by atoms with van der Waals surface area (Å²) in [4.78, 5) is 12.1. The Bertz CT molecular complexity index is 204. The summed E-state index contributed by atoms with van der Waals surface area (Å²) in [7, 11) is 0. The van der Waals surface area contributed by atoms with Crippen LogP contribution in [0.25, 0.3) is 0 Å². The lowest BCUT2D eigenvalue weighted by Gasteiger charge is -2.16. The summed E-state index contributed by atoms with van der Waals surface area (Å²) in [5.74, 6) is -1.78. The van der Waals surface area contributed by atoms with E-state index in [4.69, 9.17) is 5.73 Å². The highest BCUT2D eigenvalue weighted by Gasteiger charge is 2.44. The predicted octanol–water partition coefficient (Wildman–Crippen LogP) is 0.356. The van der Waals surface area contributed by atoms with Gasteiger partial charge in [-0.05, 0) is 6.42 Å². The molecule has 1 atom stereocenters. The summed E-state index contributed by atoms with van der Waals surface area (Å²) < 4.78 is 36.4. The number of carbonyl (C=O) groups is 1. The summed E-state index contributed by atoms with van der Waals surface area (Å²) in [6.07, 6.45) is -4.20. The Morgan fingerprint density at radius 3 is 2.54 bits per heavy atom. The fraction of sp³-hybridized carbons (Fsp3) is 0.857. The van der Waals surface area contributed by atoms with Gasteiger partial charge in [-0.25, -0.2) is 0 Å². The summed E-state index contributed by atoms with van der Waals surface area (Å²) in [6.45, 7) is -0.287. The maximum atomic E-state index is 12.1. The maximum Gasteiger partial charge on any atom is 0.393 e. The first kappa shape index (κ1) is 10.3. The summed E-state index contributed by atoms with van der Waals surface area (Å²) in [5, 5.41) is 0. The van der Waals surface area contributed by atoms with Crippen LogP contribution in [0.3, 0.4) is 0 Å². The van der Waals surface area contributed by atoms with Gasteiger partial charge in [-0.3, -0.25) is 4.79 Å². The van der Waals surface area contributed by atoms with E-state index in [0.29, 0.717) is 0 Å². The molecule has 1 amide bonds. The van der Waals surface area contributed by atoms with Gasteiger partial charge in [0.2, 0.25) is 5.91 Å². The van der Waals surface area contributed by atoms with E-state index >= 15 is 0 Å². The van der Waals surface area contributed by atoms with E-state index < -0.39 is 18.0 Å². The molecule has 6 heteroatoms. The van der Waals surface area contributed by atoms with Crippen molar-refractivity contribution in [2.75, 3.05) is 19.6 Å². The zero-order chi connectivity index (χ0) is 10.1. The fourth-order valence-corrected chi connectivity index (χ4v) is 1.38. The molecule has 0 saturated carbocycles. The Kier molecular flexibility index (Phi) is 2.80. The van der Waals surface area contributed by atoms with Gasteiger partial charge in [-0.15, -0.1) is 0 Å². The molecule has 0 spiro atoms. The highest BCUT2D eigenvalue weighted by molar-refractivity contribution is 5.78. The Labute approximate surface area is 73.7 Å². The van der Waals surface area contributed by atoms with E-state index in [-0.39, 0.29) is 26.1 Å². The third kappa shape index (κ3) is 2.33. The molecule has 1 unspecified atom stereocenters. The number of halogens is 3. The number of hydrogen-bond acceptors (Lipinski definition) is 2. The molecule has 1 aliphatic heterocycles. The molecule has 3 nitrogen and oxygen atoms in total. The maximum absolute atomic E-state index is 12.1. The van der Waals surface area contributed by atoms with Gasteiger partial charge >= 0.3 is 6.18 Å². The molecule has 1 saturated heterocycles. The largest absolute Gasteiger partial charge is 0.393 e. The van der Waals surface area contributed by atoms with E-state index in [1.807, 2.05) is 0 Å². The molecule has 0 aromatic carbocycles. The lowest BCUT2D eigenvalue weighted by molar-refractivity contribution is -0.171. The molecule has 0 aromatic rings. The van der Waals surface area contributed by atoms with Crippen LogP contribution in [0.15, 0.2) is 0 Å². The first-order valence-corrected chi connectivity index (χ1v) is 3.99. The predicted molar refractivity (Wildman–Crippen MR) is 39.8 cm³/mol. The number of nitrogens with zero attached hydrogens (tertiary/aromatic N) is 1. The van der Waals surface area contributed by atoms with Crippen LogP contribution >= 0.6 is 0 Å². The lowest BCUT2D eigenvalue weighted by Crippen LogP contribution is -2.35. The second-order valence-electron chi connectivity index (χ2n) is 3.07. The summed E-state index contributed by atoms with van der Waals surface area (Å²) >= 11 is 0. The van der Waals surface area contributed by atoms with E-state index in [1.54, 1.807) is 0 Å². The fourth-order valence-electron chi connectivity index (χ4n) is 1.38. The van der Waals surface area contributed by atoms with Crippen molar-refractivity contribution in [3.8, 4) is 0 Å². The van der Waals surface area contributed by atoms with Crippen LogP contribution in [0.5, 0.6) is 0 Å². The van der Waals surface area contributed by atoms with Crippen molar-refractivity contribution in [2.45, 2.75) is 12.6 Å². The van der Waals surface area contributed by atoms with E-state index in [1.165, 1.54) is 0 Å². The monoisotopic (exact) mass is 196 g/mol. The van der Waals surface area contributed by atoms with Gasteiger partial charge in [0.1, 0.15) is 0 Å². The topological polar surface area (TPSA) is 46.3 Å². The SMILES string of the molecule is NCC(=O)N1CCC(C(F)(F)F)C1. The van der Waals surface area contributed by atoms with Gasteiger partial charge in [0, 0.05) is 13.1 Å². The van der Waals surface area contributed by atoms with Crippen LogP contribution < -0.4 is 5.73 Å². The van der Waals surface area contributed by atoms with Gasteiger partial charge in [0.25, 0.3) is 0 Å². The van der Waals surface area contributed by atoms with Crippen LogP contribution in [0.2, 0.25) is 0 Å². The number of amides is 1. The number of alkyl halides is 3. The van der Waals surface area contributed by atoms with Crippen LogP contribution in [-0.4, -0.2) is 36.6 Å². The minimum Gasteiger partial charge on any atom is -0.341 e. The molecule has 1 rings (SSSR count). The van der Waals surface area contributed by atoms with Gasteiger partial charge < -0.3 is 10.6 Å². The minimum atomic E-state index is -4.19. The van der Waals surface area contributed by atoms with Crippen LogP contribution in [0.1, 0.15) is 6.42 Å². The molecular weight excluding hydrogens is 185 g/mol. The smallest absolute Gasteiger partial charge is 0.341 e. The molecule has 0 aliphatic carbocycles. The average molecular weight is 196 g/mol. The molecule has 2 N–H and O–H groups in total. The van der Waals surface area contributed by atoms with Crippen molar-refractivity contribution >= 4 is 5.91 Å². The second-order valence-corrected chi connectivity index (χ2v) is 3.07. The van der Waals surface area contributed by atoms with Crippen molar-refractivity contribution in [1.29, 1.82) is 0 Å².